The first kappa shape index (κ1) is 11.0. The largest absolute Gasteiger partial charge is 0.494 e. The summed E-state index contributed by atoms with van der Waals surface area (Å²) in [5, 5.41) is 9.30. The topological polar surface area (TPSA) is 32.7 Å². The van der Waals surface area contributed by atoms with Crippen LogP contribution in [-0.4, -0.2) is 24.8 Å². The number of hydrogen-bond acceptors (Lipinski definition) is 3. The van der Waals surface area contributed by atoms with Crippen molar-refractivity contribution >= 4 is 5.69 Å². The molecule has 1 aliphatic rings. The first-order chi connectivity index (χ1) is 7.85. The molecule has 0 fully saturated rings. The Balaban J connectivity index is 2.21. The van der Waals surface area contributed by atoms with E-state index in [0.717, 1.165) is 30.1 Å². The Hall–Kier alpha value is -1.48. The highest BCUT2D eigenvalue weighted by atomic mass is 16.5. The van der Waals surface area contributed by atoms with E-state index >= 15 is 0 Å². The van der Waals surface area contributed by atoms with Gasteiger partial charge in [0.2, 0.25) is 0 Å². The van der Waals surface area contributed by atoms with Crippen LogP contribution in [0.1, 0.15) is 12.5 Å². The standard InChI is InChI=1S/C13H17NO2/c1-2-16-13-6-5-12(9-11(13)10-15)14-7-3-4-8-14/h3-6,9,15H,2,7-8,10H2,1H3. The molecule has 1 aromatic rings. The lowest BCUT2D eigenvalue weighted by molar-refractivity contribution is 0.267. The van der Waals surface area contributed by atoms with Gasteiger partial charge in [0.25, 0.3) is 0 Å². The number of anilines is 1. The Morgan fingerprint density at radius 1 is 1.31 bits per heavy atom. The molecule has 0 aliphatic carbocycles. The van der Waals surface area contributed by atoms with Crippen LogP contribution in [0.3, 0.4) is 0 Å². The number of benzene rings is 1. The molecule has 3 nitrogen and oxygen atoms in total. The van der Waals surface area contributed by atoms with Crippen LogP contribution in [0.2, 0.25) is 0 Å². The van der Waals surface area contributed by atoms with Crippen molar-refractivity contribution < 1.29 is 9.84 Å². The van der Waals surface area contributed by atoms with Crippen molar-refractivity contribution in [1.29, 1.82) is 0 Å². The van der Waals surface area contributed by atoms with Crippen molar-refractivity contribution in [2.45, 2.75) is 13.5 Å². The fourth-order valence-electron chi connectivity index (χ4n) is 1.87. The molecule has 0 saturated carbocycles. The predicted molar refractivity (Wildman–Crippen MR) is 64.9 cm³/mol. The molecule has 1 aliphatic heterocycles. The van der Waals surface area contributed by atoms with Crippen molar-refractivity contribution in [1.82, 2.24) is 0 Å². The van der Waals surface area contributed by atoms with Gasteiger partial charge >= 0.3 is 0 Å². The van der Waals surface area contributed by atoms with E-state index in [9.17, 15) is 5.11 Å². The fraction of sp³-hybridized carbons (Fsp3) is 0.385. The number of aliphatic hydroxyl groups excluding tert-OH is 1. The van der Waals surface area contributed by atoms with E-state index in [-0.39, 0.29) is 6.61 Å². The maximum atomic E-state index is 9.30. The summed E-state index contributed by atoms with van der Waals surface area (Å²) < 4.78 is 5.45. The van der Waals surface area contributed by atoms with Gasteiger partial charge in [0, 0.05) is 24.3 Å². The molecule has 0 atom stereocenters. The summed E-state index contributed by atoms with van der Waals surface area (Å²) >= 11 is 0. The quantitative estimate of drug-likeness (QED) is 0.786. The van der Waals surface area contributed by atoms with Crippen LogP contribution in [0.15, 0.2) is 30.4 Å². The Labute approximate surface area is 96.0 Å². The predicted octanol–water partition coefficient (Wildman–Crippen LogP) is 1.95. The summed E-state index contributed by atoms with van der Waals surface area (Å²) in [6.45, 7) is 4.47. The van der Waals surface area contributed by atoms with Gasteiger partial charge in [-0.25, -0.2) is 0 Å². The molecule has 0 radical (unpaired) electrons. The lowest BCUT2D eigenvalue weighted by Crippen LogP contribution is -2.18. The van der Waals surface area contributed by atoms with Gasteiger partial charge in [-0.05, 0) is 25.1 Å². The molecular formula is C13H17NO2. The molecule has 0 amide bonds. The number of nitrogens with zero attached hydrogens (tertiary/aromatic N) is 1. The summed E-state index contributed by atoms with van der Waals surface area (Å²) in [6, 6.07) is 5.97. The van der Waals surface area contributed by atoms with E-state index in [4.69, 9.17) is 4.74 Å². The molecule has 86 valence electrons. The highest BCUT2D eigenvalue weighted by Crippen LogP contribution is 2.26. The Morgan fingerprint density at radius 2 is 2.06 bits per heavy atom. The van der Waals surface area contributed by atoms with Gasteiger partial charge in [-0.1, -0.05) is 12.2 Å². The van der Waals surface area contributed by atoms with Gasteiger partial charge in [0.1, 0.15) is 5.75 Å². The highest BCUT2D eigenvalue weighted by molar-refractivity contribution is 5.54. The molecule has 0 spiro atoms. The average molecular weight is 219 g/mol. The van der Waals surface area contributed by atoms with Crippen molar-refractivity contribution in [2.24, 2.45) is 0 Å². The van der Waals surface area contributed by atoms with Crippen molar-refractivity contribution in [3.8, 4) is 5.75 Å². The molecular weight excluding hydrogens is 202 g/mol. The minimum atomic E-state index is 0.0183. The number of hydrogen-bond donors (Lipinski definition) is 1. The highest BCUT2D eigenvalue weighted by Gasteiger charge is 2.10. The lowest BCUT2D eigenvalue weighted by atomic mass is 10.1. The third kappa shape index (κ3) is 2.19. The summed E-state index contributed by atoms with van der Waals surface area (Å²) in [5.74, 6) is 0.779. The van der Waals surface area contributed by atoms with E-state index in [0.29, 0.717) is 6.61 Å². The zero-order valence-electron chi connectivity index (χ0n) is 9.52. The fourth-order valence-corrected chi connectivity index (χ4v) is 1.87. The van der Waals surface area contributed by atoms with Crippen LogP contribution in [-0.2, 0) is 6.61 Å². The summed E-state index contributed by atoms with van der Waals surface area (Å²) in [4.78, 5) is 2.24. The van der Waals surface area contributed by atoms with Crippen LogP contribution in [0.5, 0.6) is 5.75 Å². The third-order valence-electron chi connectivity index (χ3n) is 2.70. The monoisotopic (exact) mass is 219 g/mol. The minimum Gasteiger partial charge on any atom is -0.494 e. The van der Waals surface area contributed by atoms with Gasteiger partial charge in [-0.3, -0.25) is 0 Å². The molecule has 1 N–H and O–H groups in total. The maximum absolute atomic E-state index is 9.30. The minimum absolute atomic E-state index is 0.0183. The Bertz CT molecular complexity index is 380. The SMILES string of the molecule is CCOc1ccc(N2CC=CC2)cc1CO. The molecule has 1 heterocycles. The molecule has 0 saturated heterocycles. The van der Waals surface area contributed by atoms with Gasteiger partial charge in [0.05, 0.1) is 13.2 Å². The molecule has 2 rings (SSSR count). The third-order valence-corrected chi connectivity index (χ3v) is 2.70. The molecule has 3 heteroatoms. The van der Waals surface area contributed by atoms with Crippen LogP contribution in [0.25, 0.3) is 0 Å². The summed E-state index contributed by atoms with van der Waals surface area (Å²) in [5.41, 5.74) is 1.99. The number of aliphatic hydroxyl groups is 1. The van der Waals surface area contributed by atoms with Gasteiger partial charge < -0.3 is 14.7 Å². The van der Waals surface area contributed by atoms with Gasteiger partial charge in [0.15, 0.2) is 0 Å². The molecule has 0 aromatic heterocycles. The average Bonchev–Trinajstić information content (AvgIpc) is 2.83. The zero-order valence-corrected chi connectivity index (χ0v) is 9.52. The van der Waals surface area contributed by atoms with E-state index in [1.54, 1.807) is 0 Å². The second-order valence-corrected chi connectivity index (χ2v) is 3.76. The van der Waals surface area contributed by atoms with Crippen LogP contribution in [0.4, 0.5) is 5.69 Å². The summed E-state index contributed by atoms with van der Waals surface area (Å²) in [6.07, 6.45) is 4.30. The van der Waals surface area contributed by atoms with E-state index in [1.807, 2.05) is 25.1 Å². The maximum Gasteiger partial charge on any atom is 0.124 e. The molecule has 0 unspecified atom stereocenters. The molecule has 16 heavy (non-hydrogen) atoms. The Kier molecular flexibility index (Phi) is 3.47. The van der Waals surface area contributed by atoms with E-state index in [2.05, 4.69) is 17.1 Å². The number of ether oxygens (including phenoxy) is 1. The lowest BCUT2D eigenvalue weighted by Gasteiger charge is -2.19. The molecule has 0 bridgehead atoms. The first-order valence-corrected chi connectivity index (χ1v) is 5.61. The zero-order chi connectivity index (χ0) is 11.4. The second kappa shape index (κ2) is 5.03. The first-order valence-electron chi connectivity index (χ1n) is 5.61. The van der Waals surface area contributed by atoms with E-state index in [1.165, 1.54) is 0 Å². The van der Waals surface area contributed by atoms with Crippen LogP contribution >= 0.6 is 0 Å². The van der Waals surface area contributed by atoms with E-state index < -0.39 is 0 Å². The smallest absolute Gasteiger partial charge is 0.124 e. The van der Waals surface area contributed by atoms with Crippen molar-refractivity contribution in [3.63, 3.8) is 0 Å². The van der Waals surface area contributed by atoms with Crippen LogP contribution < -0.4 is 9.64 Å². The molecule has 1 aromatic carbocycles. The number of rotatable bonds is 4. The summed E-state index contributed by atoms with van der Waals surface area (Å²) in [7, 11) is 0. The van der Waals surface area contributed by atoms with Gasteiger partial charge in [-0.15, -0.1) is 0 Å². The van der Waals surface area contributed by atoms with Crippen LogP contribution in [0, 0.1) is 0 Å². The van der Waals surface area contributed by atoms with Crippen molar-refractivity contribution in [2.75, 3.05) is 24.6 Å². The van der Waals surface area contributed by atoms with Crippen molar-refractivity contribution in [3.05, 3.63) is 35.9 Å². The van der Waals surface area contributed by atoms with Gasteiger partial charge in [-0.2, -0.15) is 0 Å². The Morgan fingerprint density at radius 3 is 2.69 bits per heavy atom. The normalized spacial score (nSPS) is 14.5. The second-order valence-electron chi connectivity index (χ2n) is 3.76.